The van der Waals surface area contributed by atoms with Crippen molar-refractivity contribution in [3.63, 3.8) is 0 Å². The molecular weight excluding hydrogens is 336 g/mol. The molecule has 140 valence electrons. The summed E-state index contributed by atoms with van der Waals surface area (Å²) in [6.45, 7) is 4.53. The van der Waals surface area contributed by atoms with Crippen molar-refractivity contribution in [3.8, 4) is 0 Å². The number of nitrogens with zero attached hydrogens (tertiary/aromatic N) is 1. The van der Waals surface area contributed by atoms with Crippen molar-refractivity contribution in [1.29, 1.82) is 0 Å². The van der Waals surface area contributed by atoms with E-state index in [0.717, 1.165) is 25.0 Å². The van der Waals surface area contributed by atoms with Crippen molar-refractivity contribution in [3.05, 3.63) is 64.6 Å². The Balaban J connectivity index is 1.66. The van der Waals surface area contributed by atoms with E-state index in [2.05, 4.69) is 42.0 Å². The fourth-order valence-corrected chi connectivity index (χ4v) is 3.83. The van der Waals surface area contributed by atoms with Gasteiger partial charge in [0.25, 0.3) is 0 Å². The number of carbonyl (C=O) groups is 1. The Bertz CT molecular complexity index is 999. The maximum Gasteiger partial charge on any atom is 0.356 e. The summed E-state index contributed by atoms with van der Waals surface area (Å²) in [6, 6.07) is 12.3. The van der Waals surface area contributed by atoms with Gasteiger partial charge in [-0.3, -0.25) is 0 Å². The molecule has 0 radical (unpaired) electrons. The molecule has 1 saturated carbocycles. The van der Waals surface area contributed by atoms with Crippen molar-refractivity contribution in [1.82, 2.24) is 9.97 Å². The standard InChI is InChI=1S/C23H26N2O2/c1-4-15-8-10-17-18(21(23(2)12-13-23)25-20(17)14-15)11-9-16-6-5-7-19(24-16)22(26)27-3/h5-8,10,14,25H,4,9,11-13H2,1-3H3. The van der Waals surface area contributed by atoms with Gasteiger partial charge >= 0.3 is 5.97 Å². The molecule has 2 aromatic heterocycles. The molecule has 27 heavy (non-hydrogen) atoms. The summed E-state index contributed by atoms with van der Waals surface area (Å²) in [4.78, 5) is 19.9. The zero-order valence-corrected chi connectivity index (χ0v) is 16.3. The number of pyridine rings is 1. The van der Waals surface area contributed by atoms with E-state index in [1.54, 1.807) is 6.07 Å². The fourth-order valence-electron chi connectivity index (χ4n) is 3.83. The fraction of sp³-hybridized carbons (Fsp3) is 0.391. The summed E-state index contributed by atoms with van der Waals surface area (Å²) in [6.07, 6.45) is 5.23. The maximum atomic E-state index is 11.7. The van der Waals surface area contributed by atoms with E-state index < -0.39 is 0 Å². The van der Waals surface area contributed by atoms with Crippen LogP contribution >= 0.6 is 0 Å². The van der Waals surface area contributed by atoms with E-state index in [0.29, 0.717) is 5.69 Å². The number of aromatic amines is 1. The minimum Gasteiger partial charge on any atom is -0.464 e. The zero-order chi connectivity index (χ0) is 19.0. The molecule has 0 unspecified atom stereocenters. The van der Waals surface area contributed by atoms with E-state index in [9.17, 15) is 4.79 Å². The first-order chi connectivity index (χ1) is 13.0. The Morgan fingerprint density at radius 1 is 1.22 bits per heavy atom. The number of aromatic nitrogens is 2. The molecule has 1 fully saturated rings. The molecule has 0 spiro atoms. The van der Waals surface area contributed by atoms with E-state index in [1.807, 2.05) is 12.1 Å². The lowest BCUT2D eigenvalue weighted by Gasteiger charge is -2.11. The second-order valence-corrected chi connectivity index (χ2v) is 7.78. The summed E-state index contributed by atoms with van der Waals surface area (Å²) >= 11 is 0. The van der Waals surface area contributed by atoms with Gasteiger partial charge in [-0.25, -0.2) is 9.78 Å². The molecule has 4 rings (SSSR count). The number of nitrogens with one attached hydrogen (secondary N) is 1. The lowest BCUT2D eigenvalue weighted by molar-refractivity contribution is 0.0593. The molecule has 0 saturated heterocycles. The molecule has 0 aliphatic heterocycles. The molecule has 1 aliphatic rings. The summed E-state index contributed by atoms with van der Waals surface area (Å²) in [5.74, 6) is -0.387. The highest BCUT2D eigenvalue weighted by Gasteiger charge is 2.42. The number of ether oxygens (including phenoxy) is 1. The largest absolute Gasteiger partial charge is 0.464 e. The molecule has 1 aliphatic carbocycles. The van der Waals surface area contributed by atoms with Crippen LogP contribution in [0.5, 0.6) is 0 Å². The highest BCUT2D eigenvalue weighted by Crippen LogP contribution is 2.49. The molecule has 0 bridgehead atoms. The normalized spacial score (nSPS) is 15.1. The van der Waals surface area contributed by atoms with E-state index in [1.165, 1.54) is 47.7 Å². The van der Waals surface area contributed by atoms with Crippen LogP contribution in [0.1, 0.15) is 59.7 Å². The van der Waals surface area contributed by atoms with Gasteiger partial charge in [-0.05, 0) is 61.4 Å². The molecule has 4 heteroatoms. The van der Waals surface area contributed by atoms with Crippen LogP contribution in [0.3, 0.4) is 0 Å². The number of methoxy groups -OCH3 is 1. The summed E-state index contributed by atoms with van der Waals surface area (Å²) in [7, 11) is 1.38. The number of carbonyl (C=O) groups excluding carboxylic acids is 1. The van der Waals surface area contributed by atoms with E-state index in [-0.39, 0.29) is 11.4 Å². The third-order valence-corrected chi connectivity index (χ3v) is 5.81. The smallest absolute Gasteiger partial charge is 0.356 e. The zero-order valence-electron chi connectivity index (χ0n) is 16.3. The highest BCUT2D eigenvalue weighted by molar-refractivity contribution is 5.87. The van der Waals surface area contributed by atoms with Gasteiger partial charge in [0.2, 0.25) is 0 Å². The van der Waals surface area contributed by atoms with Crippen LogP contribution in [0.15, 0.2) is 36.4 Å². The number of rotatable bonds is 6. The van der Waals surface area contributed by atoms with Crippen LogP contribution < -0.4 is 0 Å². The Morgan fingerprint density at radius 3 is 2.74 bits per heavy atom. The lowest BCUT2D eigenvalue weighted by Crippen LogP contribution is -2.08. The van der Waals surface area contributed by atoms with Crippen molar-refractivity contribution in [2.75, 3.05) is 7.11 Å². The number of aryl methyl sites for hydroxylation is 3. The molecule has 2 heterocycles. The number of esters is 1. The summed E-state index contributed by atoms with van der Waals surface area (Å²) < 4.78 is 4.79. The quantitative estimate of drug-likeness (QED) is 0.644. The molecule has 3 aromatic rings. The topological polar surface area (TPSA) is 55.0 Å². The van der Waals surface area contributed by atoms with Crippen LogP contribution in [-0.2, 0) is 29.4 Å². The van der Waals surface area contributed by atoms with Crippen LogP contribution in [0.25, 0.3) is 10.9 Å². The number of fused-ring (bicyclic) bond motifs is 1. The number of H-pyrrole nitrogens is 1. The molecule has 4 nitrogen and oxygen atoms in total. The minimum atomic E-state index is -0.387. The molecule has 1 aromatic carbocycles. The first-order valence-corrected chi connectivity index (χ1v) is 9.72. The molecule has 1 N–H and O–H groups in total. The predicted molar refractivity (Wildman–Crippen MR) is 107 cm³/mol. The Hall–Kier alpha value is -2.62. The molecule has 0 amide bonds. The number of hydrogen-bond donors (Lipinski definition) is 1. The van der Waals surface area contributed by atoms with Gasteiger partial charge in [0.05, 0.1) is 7.11 Å². The molecule has 0 atom stereocenters. The summed E-state index contributed by atoms with van der Waals surface area (Å²) in [5, 5.41) is 1.32. The molecular formula is C23H26N2O2. The second kappa shape index (κ2) is 6.84. The van der Waals surface area contributed by atoms with E-state index in [4.69, 9.17) is 4.74 Å². The van der Waals surface area contributed by atoms with Crippen LogP contribution in [-0.4, -0.2) is 23.0 Å². The average molecular weight is 362 g/mol. The van der Waals surface area contributed by atoms with Gasteiger partial charge in [0, 0.05) is 27.7 Å². The van der Waals surface area contributed by atoms with Crippen molar-refractivity contribution in [2.45, 2.75) is 51.4 Å². The summed E-state index contributed by atoms with van der Waals surface area (Å²) in [5.41, 5.74) is 6.95. The van der Waals surface area contributed by atoms with Crippen molar-refractivity contribution >= 4 is 16.9 Å². The van der Waals surface area contributed by atoms with Gasteiger partial charge in [-0.1, -0.05) is 32.0 Å². The average Bonchev–Trinajstić information content (AvgIpc) is 3.34. The number of benzene rings is 1. The van der Waals surface area contributed by atoms with Gasteiger partial charge in [0.15, 0.2) is 0 Å². The Labute approximate surface area is 160 Å². The predicted octanol–water partition coefficient (Wildman–Crippen LogP) is 4.75. The van der Waals surface area contributed by atoms with Crippen molar-refractivity contribution < 1.29 is 9.53 Å². The first kappa shape index (κ1) is 17.8. The van der Waals surface area contributed by atoms with Crippen LogP contribution in [0.2, 0.25) is 0 Å². The highest BCUT2D eigenvalue weighted by atomic mass is 16.5. The van der Waals surface area contributed by atoms with Crippen LogP contribution in [0.4, 0.5) is 0 Å². The van der Waals surface area contributed by atoms with Crippen molar-refractivity contribution in [2.24, 2.45) is 0 Å². The third kappa shape index (κ3) is 3.36. The van der Waals surface area contributed by atoms with Crippen LogP contribution in [0, 0.1) is 0 Å². The lowest BCUT2D eigenvalue weighted by atomic mass is 9.95. The monoisotopic (exact) mass is 362 g/mol. The van der Waals surface area contributed by atoms with Gasteiger partial charge in [-0.15, -0.1) is 0 Å². The second-order valence-electron chi connectivity index (χ2n) is 7.78. The third-order valence-electron chi connectivity index (χ3n) is 5.81. The van der Waals surface area contributed by atoms with E-state index >= 15 is 0 Å². The van der Waals surface area contributed by atoms with Gasteiger partial charge in [0.1, 0.15) is 5.69 Å². The van der Waals surface area contributed by atoms with Gasteiger partial charge in [-0.2, -0.15) is 0 Å². The first-order valence-electron chi connectivity index (χ1n) is 9.72. The van der Waals surface area contributed by atoms with Gasteiger partial charge < -0.3 is 9.72 Å². The SMILES string of the molecule is CCc1ccc2c(CCc3cccc(C(=O)OC)n3)c(C3(C)CC3)[nH]c2c1. The minimum absolute atomic E-state index is 0.280. The Kier molecular flexibility index (Phi) is 4.50. The number of hydrogen-bond acceptors (Lipinski definition) is 3. The maximum absolute atomic E-state index is 11.7. The Morgan fingerprint density at radius 2 is 2.04 bits per heavy atom.